The van der Waals surface area contributed by atoms with Crippen molar-refractivity contribution in [3.05, 3.63) is 30.1 Å². The van der Waals surface area contributed by atoms with E-state index in [0.29, 0.717) is 18.5 Å². The molecule has 5 nitrogen and oxygen atoms in total. The second-order valence-electron chi connectivity index (χ2n) is 4.15. The van der Waals surface area contributed by atoms with Crippen LogP contribution in [0.3, 0.4) is 0 Å². The molecule has 2 heterocycles. The van der Waals surface area contributed by atoms with E-state index in [4.69, 9.17) is 5.73 Å². The number of piperidine rings is 1. The van der Waals surface area contributed by atoms with Crippen molar-refractivity contribution in [2.24, 2.45) is 5.73 Å². The molecule has 0 unspecified atom stereocenters. The number of primary amides is 1. The Morgan fingerprint density at radius 1 is 1.29 bits per heavy atom. The molecule has 2 rings (SSSR count). The van der Waals surface area contributed by atoms with Crippen LogP contribution in [0.25, 0.3) is 0 Å². The molecule has 1 atom stereocenters. The minimum Gasteiger partial charge on any atom is -0.368 e. The third-order valence-corrected chi connectivity index (χ3v) is 3.02. The fourth-order valence-electron chi connectivity index (χ4n) is 2.13. The highest BCUT2D eigenvalue weighted by molar-refractivity contribution is 5.97. The summed E-state index contributed by atoms with van der Waals surface area (Å²) in [6, 6.07) is 2.83. The van der Waals surface area contributed by atoms with Crippen molar-refractivity contribution in [1.82, 2.24) is 9.88 Å². The largest absolute Gasteiger partial charge is 0.368 e. The number of amides is 2. The number of nitrogens with two attached hydrogens (primary N) is 1. The molecular weight excluding hydrogens is 218 g/mol. The van der Waals surface area contributed by atoms with Crippen LogP contribution in [0.15, 0.2) is 24.5 Å². The van der Waals surface area contributed by atoms with Crippen LogP contribution in [-0.2, 0) is 4.79 Å². The first-order valence-electron chi connectivity index (χ1n) is 5.70. The van der Waals surface area contributed by atoms with Crippen LogP contribution >= 0.6 is 0 Å². The lowest BCUT2D eigenvalue weighted by Crippen LogP contribution is -2.50. The van der Waals surface area contributed by atoms with Gasteiger partial charge in [-0.3, -0.25) is 14.6 Å². The van der Waals surface area contributed by atoms with Crippen molar-refractivity contribution in [1.29, 1.82) is 0 Å². The van der Waals surface area contributed by atoms with Crippen molar-refractivity contribution >= 4 is 11.8 Å². The highest BCUT2D eigenvalue weighted by atomic mass is 16.2. The number of hydrogen-bond acceptors (Lipinski definition) is 3. The van der Waals surface area contributed by atoms with Gasteiger partial charge in [0.15, 0.2) is 0 Å². The molecule has 0 aromatic carbocycles. The van der Waals surface area contributed by atoms with Crippen molar-refractivity contribution in [3.63, 3.8) is 0 Å². The Kier molecular flexibility index (Phi) is 3.37. The Balaban J connectivity index is 2.20. The van der Waals surface area contributed by atoms with Gasteiger partial charge in [0.1, 0.15) is 6.04 Å². The van der Waals surface area contributed by atoms with E-state index in [1.165, 1.54) is 0 Å². The van der Waals surface area contributed by atoms with E-state index in [1.54, 1.807) is 29.4 Å². The smallest absolute Gasteiger partial charge is 0.254 e. The molecule has 0 aliphatic carbocycles. The molecule has 2 amide bonds. The molecular formula is C12H15N3O2. The number of rotatable bonds is 2. The van der Waals surface area contributed by atoms with Gasteiger partial charge in [0.05, 0.1) is 0 Å². The first-order valence-corrected chi connectivity index (χ1v) is 5.70. The monoisotopic (exact) mass is 233 g/mol. The second-order valence-corrected chi connectivity index (χ2v) is 4.15. The summed E-state index contributed by atoms with van der Waals surface area (Å²) in [5, 5.41) is 0. The Labute approximate surface area is 99.6 Å². The van der Waals surface area contributed by atoms with Gasteiger partial charge in [-0.05, 0) is 31.4 Å². The van der Waals surface area contributed by atoms with Gasteiger partial charge in [0, 0.05) is 24.5 Å². The van der Waals surface area contributed by atoms with Crippen molar-refractivity contribution in [2.75, 3.05) is 6.54 Å². The highest BCUT2D eigenvalue weighted by Gasteiger charge is 2.30. The zero-order chi connectivity index (χ0) is 12.3. The molecule has 1 aliphatic rings. The van der Waals surface area contributed by atoms with E-state index in [-0.39, 0.29) is 5.91 Å². The minimum absolute atomic E-state index is 0.143. The quantitative estimate of drug-likeness (QED) is 0.811. The van der Waals surface area contributed by atoms with Crippen LogP contribution in [0, 0.1) is 0 Å². The normalized spacial score (nSPS) is 20.0. The lowest BCUT2D eigenvalue weighted by atomic mass is 10.0. The maximum atomic E-state index is 12.2. The fourth-order valence-corrected chi connectivity index (χ4v) is 2.13. The van der Waals surface area contributed by atoms with Gasteiger partial charge in [-0.15, -0.1) is 0 Å². The first-order chi connectivity index (χ1) is 8.20. The van der Waals surface area contributed by atoms with Gasteiger partial charge in [-0.1, -0.05) is 0 Å². The van der Waals surface area contributed by atoms with Crippen LogP contribution in [-0.4, -0.2) is 34.3 Å². The Hall–Kier alpha value is -1.91. The van der Waals surface area contributed by atoms with Crippen LogP contribution in [0.5, 0.6) is 0 Å². The first kappa shape index (κ1) is 11.6. The van der Waals surface area contributed by atoms with Gasteiger partial charge in [0.2, 0.25) is 5.91 Å². The molecule has 1 aromatic rings. The molecule has 1 fully saturated rings. The highest BCUT2D eigenvalue weighted by Crippen LogP contribution is 2.19. The molecule has 90 valence electrons. The average molecular weight is 233 g/mol. The maximum Gasteiger partial charge on any atom is 0.254 e. The standard InChI is InChI=1S/C12H15N3O2/c13-11(16)10-3-1-2-8-15(10)12(17)9-4-6-14-7-5-9/h4-7,10H,1-3,8H2,(H2,13,16)/t10-/m1/s1. The summed E-state index contributed by atoms with van der Waals surface area (Å²) >= 11 is 0. The van der Waals surface area contributed by atoms with Crippen LogP contribution in [0.4, 0.5) is 0 Å². The third kappa shape index (κ3) is 2.43. The Morgan fingerprint density at radius 2 is 2.00 bits per heavy atom. The van der Waals surface area contributed by atoms with Crippen molar-refractivity contribution in [3.8, 4) is 0 Å². The van der Waals surface area contributed by atoms with Gasteiger partial charge in [-0.25, -0.2) is 0 Å². The Morgan fingerprint density at radius 3 is 2.65 bits per heavy atom. The lowest BCUT2D eigenvalue weighted by molar-refractivity contribution is -0.123. The summed E-state index contributed by atoms with van der Waals surface area (Å²) in [7, 11) is 0. The molecule has 17 heavy (non-hydrogen) atoms. The summed E-state index contributed by atoms with van der Waals surface area (Å²) < 4.78 is 0. The summed E-state index contributed by atoms with van der Waals surface area (Å²) in [5.74, 6) is -0.567. The number of aromatic nitrogens is 1. The number of nitrogens with zero attached hydrogens (tertiary/aromatic N) is 2. The van der Waals surface area contributed by atoms with Crippen LogP contribution in [0.1, 0.15) is 29.6 Å². The topological polar surface area (TPSA) is 76.3 Å². The van der Waals surface area contributed by atoms with Gasteiger partial charge >= 0.3 is 0 Å². The zero-order valence-electron chi connectivity index (χ0n) is 9.50. The second kappa shape index (κ2) is 4.95. The molecule has 1 saturated heterocycles. The molecule has 5 heteroatoms. The van der Waals surface area contributed by atoms with Gasteiger partial charge in [-0.2, -0.15) is 0 Å². The summed E-state index contributed by atoms with van der Waals surface area (Å²) in [5.41, 5.74) is 5.88. The van der Waals surface area contributed by atoms with E-state index < -0.39 is 11.9 Å². The van der Waals surface area contributed by atoms with E-state index in [9.17, 15) is 9.59 Å². The van der Waals surface area contributed by atoms with Crippen LogP contribution in [0.2, 0.25) is 0 Å². The summed E-state index contributed by atoms with van der Waals surface area (Å²) in [6.07, 6.45) is 5.65. The number of likely N-dealkylation sites (tertiary alicyclic amines) is 1. The molecule has 0 radical (unpaired) electrons. The van der Waals surface area contributed by atoms with E-state index in [2.05, 4.69) is 4.98 Å². The van der Waals surface area contributed by atoms with Gasteiger partial charge in [0.25, 0.3) is 5.91 Å². The number of carbonyl (C=O) groups is 2. The van der Waals surface area contributed by atoms with Crippen LogP contribution < -0.4 is 5.73 Å². The Bertz CT molecular complexity index is 419. The molecule has 0 saturated carbocycles. The predicted octanol–water partition coefficient (Wildman–Crippen LogP) is 0.562. The number of pyridine rings is 1. The maximum absolute atomic E-state index is 12.2. The van der Waals surface area contributed by atoms with Crippen molar-refractivity contribution in [2.45, 2.75) is 25.3 Å². The van der Waals surface area contributed by atoms with E-state index >= 15 is 0 Å². The van der Waals surface area contributed by atoms with E-state index in [0.717, 1.165) is 12.8 Å². The lowest BCUT2D eigenvalue weighted by Gasteiger charge is -2.33. The predicted molar refractivity (Wildman–Crippen MR) is 62.1 cm³/mol. The molecule has 0 bridgehead atoms. The number of carbonyl (C=O) groups excluding carboxylic acids is 2. The third-order valence-electron chi connectivity index (χ3n) is 3.02. The summed E-state index contributed by atoms with van der Waals surface area (Å²) in [4.78, 5) is 29.0. The zero-order valence-corrected chi connectivity index (χ0v) is 9.50. The SMILES string of the molecule is NC(=O)[C@H]1CCCCN1C(=O)c1ccncc1. The summed E-state index contributed by atoms with van der Waals surface area (Å²) in [6.45, 7) is 0.592. The molecule has 0 spiro atoms. The molecule has 2 N–H and O–H groups in total. The average Bonchev–Trinajstić information content (AvgIpc) is 2.39. The van der Waals surface area contributed by atoms with E-state index in [1.807, 2.05) is 0 Å². The minimum atomic E-state index is -0.468. The fraction of sp³-hybridized carbons (Fsp3) is 0.417. The molecule has 1 aromatic heterocycles. The van der Waals surface area contributed by atoms with Crippen molar-refractivity contribution < 1.29 is 9.59 Å². The number of hydrogen-bond donors (Lipinski definition) is 1. The molecule has 1 aliphatic heterocycles. The van der Waals surface area contributed by atoms with Gasteiger partial charge < -0.3 is 10.6 Å².